The first-order chi connectivity index (χ1) is 15.0. The summed E-state index contributed by atoms with van der Waals surface area (Å²) >= 11 is 1.65. The number of ether oxygens (including phenoxy) is 1. The van der Waals surface area contributed by atoms with Gasteiger partial charge in [0.05, 0.1) is 17.9 Å². The lowest BCUT2D eigenvalue weighted by atomic mass is 10.2. The van der Waals surface area contributed by atoms with Gasteiger partial charge in [-0.3, -0.25) is 4.79 Å². The van der Waals surface area contributed by atoms with Crippen molar-refractivity contribution in [2.75, 3.05) is 19.7 Å². The van der Waals surface area contributed by atoms with Crippen LogP contribution in [-0.4, -0.2) is 43.6 Å². The Kier molecular flexibility index (Phi) is 7.92. The summed E-state index contributed by atoms with van der Waals surface area (Å²) in [6, 6.07) is 6.01. The summed E-state index contributed by atoms with van der Waals surface area (Å²) in [4.78, 5) is 21.5. The Morgan fingerprint density at radius 3 is 2.77 bits per heavy atom. The van der Waals surface area contributed by atoms with Gasteiger partial charge < -0.3 is 9.72 Å². The van der Waals surface area contributed by atoms with Crippen molar-refractivity contribution in [3.63, 3.8) is 0 Å². The first-order valence-corrected chi connectivity index (χ1v) is 11.6. The molecule has 2 aromatic heterocycles. The molecule has 1 N–H and O–H groups in total. The highest BCUT2D eigenvalue weighted by atomic mass is 32.2. The molecule has 0 spiro atoms. The lowest BCUT2D eigenvalue weighted by Gasteiger charge is -2.18. The van der Waals surface area contributed by atoms with Crippen molar-refractivity contribution in [3.8, 4) is 17.1 Å². The number of rotatable bonds is 11. The predicted molar refractivity (Wildman–Crippen MR) is 127 cm³/mol. The average Bonchev–Trinajstić information content (AvgIpc) is 3.08. The second kappa shape index (κ2) is 10.6. The third kappa shape index (κ3) is 5.19. The molecule has 166 valence electrons. The van der Waals surface area contributed by atoms with E-state index in [1.807, 2.05) is 31.2 Å². The third-order valence-electron chi connectivity index (χ3n) is 4.80. The van der Waals surface area contributed by atoms with Gasteiger partial charge in [-0.15, -0.1) is 11.7 Å². The predicted octanol–water partition coefficient (Wildman–Crippen LogP) is 4.65. The Bertz CT molecular complexity index is 1110. The number of nitrogens with one attached hydrogen (secondary N) is 1. The molecule has 0 bridgehead atoms. The van der Waals surface area contributed by atoms with Crippen LogP contribution in [0.25, 0.3) is 16.9 Å². The van der Waals surface area contributed by atoms with Crippen LogP contribution in [0, 0.1) is 6.92 Å². The van der Waals surface area contributed by atoms with E-state index in [1.165, 1.54) is 0 Å². The van der Waals surface area contributed by atoms with Crippen molar-refractivity contribution in [2.24, 2.45) is 0 Å². The van der Waals surface area contributed by atoms with E-state index in [0.29, 0.717) is 29.4 Å². The smallest absolute Gasteiger partial charge is 0.277 e. The largest absolute Gasteiger partial charge is 0.493 e. The van der Waals surface area contributed by atoms with Gasteiger partial charge in [0.15, 0.2) is 11.3 Å². The summed E-state index contributed by atoms with van der Waals surface area (Å²) in [6.07, 6.45) is 4.46. The molecule has 0 atom stereocenters. The number of nitrogens with zero attached hydrogens (tertiary/aromatic N) is 4. The van der Waals surface area contributed by atoms with Crippen LogP contribution in [0.3, 0.4) is 0 Å². The van der Waals surface area contributed by atoms with Crippen LogP contribution in [0.1, 0.15) is 45.1 Å². The SMILES string of the molecule is C=CCN(CC)Sc1ccc(OCCC)c(-c2nn3c(CCC)nc(C)c3c(=O)[nH]2)c1. The number of benzene rings is 1. The molecule has 0 aliphatic carbocycles. The van der Waals surface area contributed by atoms with Crippen molar-refractivity contribution in [2.45, 2.75) is 51.9 Å². The lowest BCUT2D eigenvalue weighted by molar-refractivity contribution is 0.318. The molecular formula is C23H31N5O2S. The van der Waals surface area contributed by atoms with Crippen LogP contribution in [0.4, 0.5) is 0 Å². The Balaban J connectivity index is 2.12. The van der Waals surface area contributed by atoms with E-state index in [-0.39, 0.29) is 5.56 Å². The average molecular weight is 442 g/mol. The zero-order valence-corrected chi connectivity index (χ0v) is 19.6. The van der Waals surface area contributed by atoms with Crippen LogP contribution >= 0.6 is 11.9 Å². The minimum absolute atomic E-state index is 0.196. The summed E-state index contributed by atoms with van der Waals surface area (Å²) < 4.78 is 9.88. The van der Waals surface area contributed by atoms with E-state index in [4.69, 9.17) is 9.84 Å². The molecule has 0 unspecified atom stereocenters. The van der Waals surface area contributed by atoms with E-state index >= 15 is 0 Å². The minimum Gasteiger partial charge on any atom is -0.493 e. The zero-order chi connectivity index (χ0) is 22.4. The van der Waals surface area contributed by atoms with Crippen molar-refractivity contribution in [3.05, 3.63) is 52.7 Å². The number of hydrogen-bond donors (Lipinski definition) is 1. The topological polar surface area (TPSA) is 75.5 Å². The molecule has 0 amide bonds. The summed E-state index contributed by atoms with van der Waals surface area (Å²) in [5.74, 6) is 1.98. The summed E-state index contributed by atoms with van der Waals surface area (Å²) in [7, 11) is 0. The maximum absolute atomic E-state index is 12.9. The van der Waals surface area contributed by atoms with Gasteiger partial charge in [0.2, 0.25) is 0 Å². The molecule has 0 saturated heterocycles. The summed E-state index contributed by atoms with van der Waals surface area (Å²) in [6.45, 7) is 14.2. The molecule has 3 rings (SSSR count). The third-order valence-corrected chi connectivity index (χ3v) is 5.93. The molecule has 0 saturated carbocycles. The quantitative estimate of drug-likeness (QED) is 0.345. The van der Waals surface area contributed by atoms with Gasteiger partial charge in [0.1, 0.15) is 11.6 Å². The Morgan fingerprint density at radius 2 is 2.10 bits per heavy atom. The van der Waals surface area contributed by atoms with Crippen LogP contribution < -0.4 is 10.3 Å². The maximum Gasteiger partial charge on any atom is 0.277 e. The minimum atomic E-state index is -0.196. The molecule has 0 aliphatic heterocycles. The van der Waals surface area contributed by atoms with Gasteiger partial charge in [0, 0.05) is 24.4 Å². The van der Waals surface area contributed by atoms with Gasteiger partial charge in [-0.25, -0.2) is 13.8 Å². The van der Waals surface area contributed by atoms with E-state index in [0.717, 1.165) is 48.6 Å². The van der Waals surface area contributed by atoms with Gasteiger partial charge in [-0.05, 0) is 49.9 Å². The normalized spacial score (nSPS) is 11.4. The fourth-order valence-electron chi connectivity index (χ4n) is 3.36. The van der Waals surface area contributed by atoms with Crippen molar-refractivity contribution in [1.82, 2.24) is 23.9 Å². The molecule has 1 aromatic carbocycles. The fourth-order valence-corrected chi connectivity index (χ4v) is 4.26. The summed E-state index contributed by atoms with van der Waals surface area (Å²) in [5, 5.41) is 4.77. The van der Waals surface area contributed by atoms with E-state index in [9.17, 15) is 4.79 Å². The Hall–Kier alpha value is -2.58. The molecule has 8 heteroatoms. The van der Waals surface area contributed by atoms with Crippen LogP contribution in [0.5, 0.6) is 5.75 Å². The highest BCUT2D eigenvalue weighted by molar-refractivity contribution is 7.97. The van der Waals surface area contributed by atoms with E-state index in [1.54, 1.807) is 16.5 Å². The molecular weight excluding hydrogens is 410 g/mol. The van der Waals surface area contributed by atoms with Crippen molar-refractivity contribution in [1.29, 1.82) is 0 Å². The first-order valence-electron chi connectivity index (χ1n) is 10.8. The number of aryl methyl sites for hydroxylation is 2. The number of aromatic amines is 1. The van der Waals surface area contributed by atoms with Crippen molar-refractivity contribution < 1.29 is 4.74 Å². The maximum atomic E-state index is 12.9. The van der Waals surface area contributed by atoms with Gasteiger partial charge in [0.25, 0.3) is 5.56 Å². The second-order valence-corrected chi connectivity index (χ2v) is 8.46. The number of imidazole rings is 1. The standard InChI is InChI=1S/C23H31N5O2S/c1-6-10-20-24-16(5)21-23(29)25-22(26-28(20)21)18-15-17(31-27(9-4)13-7-2)11-12-19(18)30-14-8-3/h7,11-12,15H,2,6,8-10,13-14H2,1,3-5H3,(H,25,26,29). The second-order valence-electron chi connectivity index (χ2n) is 7.29. The molecule has 7 nitrogen and oxygen atoms in total. The molecule has 31 heavy (non-hydrogen) atoms. The highest BCUT2D eigenvalue weighted by Gasteiger charge is 2.17. The molecule has 3 aromatic rings. The molecule has 0 aliphatic rings. The number of fused-ring (bicyclic) bond motifs is 1. The van der Waals surface area contributed by atoms with E-state index in [2.05, 4.69) is 41.6 Å². The number of H-pyrrole nitrogens is 1. The molecule has 0 radical (unpaired) electrons. The fraction of sp³-hybridized carbons (Fsp3) is 0.435. The Labute approximate surface area is 187 Å². The van der Waals surface area contributed by atoms with Crippen LogP contribution in [0.2, 0.25) is 0 Å². The zero-order valence-electron chi connectivity index (χ0n) is 18.8. The van der Waals surface area contributed by atoms with Gasteiger partial charge >= 0.3 is 0 Å². The number of likely N-dealkylation sites (N-methyl/N-ethyl adjacent to an activating group) is 1. The lowest BCUT2D eigenvalue weighted by Crippen LogP contribution is -2.16. The number of aromatic nitrogens is 4. The monoisotopic (exact) mass is 441 g/mol. The van der Waals surface area contributed by atoms with Gasteiger partial charge in [-0.2, -0.15) is 0 Å². The van der Waals surface area contributed by atoms with Gasteiger partial charge in [-0.1, -0.05) is 26.8 Å². The molecule has 2 heterocycles. The van der Waals surface area contributed by atoms with E-state index < -0.39 is 0 Å². The first kappa shape index (κ1) is 23.1. The highest BCUT2D eigenvalue weighted by Crippen LogP contribution is 2.33. The van der Waals surface area contributed by atoms with Crippen LogP contribution in [0.15, 0.2) is 40.5 Å². The summed E-state index contributed by atoms with van der Waals surface area (Å²) in [5.41, 5.74) is 1.76. The Morgan fingerprint density at radius 1 is 1.29 bits per heavy atom. The number of hydrogen-bond acceptors (Lipinski definition) is 6. The molecule has 0 fully saturated rings. The van der Waals surface area contributed by atoms with Crippen molar-refractivity contribution >= 4 is 17.5 Å². The van der Waals surface area contributed by atoms with Crippen LogP contribution in [-0.2, 0) is 6.42 Å².